The van der Waals surface area contributed by atoms with Gasteiger partial charge >= 0.3 is 0 Å². The molecule has 0 heteroatoms. The molecule has 0 radical (unpaired) electrons. The minimum atomic E-state index is 1.04. The van der Waals surface area contributed by atoms with Crippen molar-refractivity contribution in [2.24, 2.45) is 17.8 Å². The van der Waals surface area contributed by atoms with Crippen LogP contribution in [0.2, 0.25) is 0 Å². The van der Waals surface area contributed by atoms with Crippen molar-refractivity contribution < 1.29 is 0 Å². The summed E-state index contributed by atoms with van der Waals surface area (Å²) in [4.78, 5) is 0. The first-order valence-corrected chi connectivity index (χ1v) is 5.01. The van der Waals surface area contributed by atoms with E-state index in [4.69, 9.17) is 0 Å². The lowest BCUT2D eigenvalue weighted by molar-refractivity contribution is 0.346. The van der Waals surface area contributed by atoms with E-state index in [1.807, 2.05) is 0 Å². The monoisotopic (exact) mass is 150 g/mol. The maximum Gasteiger partial charge on any atom is -0.0322 e. The maximum absolute atomic E-state index is 2.34. The predicted octanol–water partition coefficient (Wildman–Crippen LogP) is 3.39. The van der Waals surface area contributed by atoms with Gasteiger partial charge in [-0.25, -0.2) is 0 Å². The SMILES string of the molecule is C/C=C\C[C@@H]1CCC2CC2C1. The van der Waals surface area contributed by atoms with Crippen LogP contribution in [-0.2, 0) is 0 Å². The van der Waals surface area contributed by atoms with Gasteiger partial charge in [-0.3, -0.25) is 0 Å². The lowest BCUT2D eigenvalue weighted by atomic mass is 9.87. The molecule has 0 spiro atoms. The van der Waals surface area contributed by atoms with Gasteiger partial charge in [-0.15, -0.1) is 0 Å². The molecular weight excluding hydrogens is 132 g/mol. The molecule has 2 saturated carbocycles. The molecule has 0 aromatic carbocycles. The van der Waals surface area contributed by atoms with Crippen LogP contribution in [-0.4, -0.2) is 0 Å². The molecule has 11 heavy (non-hydrogen) atoms. The van der Waals surface area contributed by atoms with Gasteiger partial charge in [0, 0.05) is 0 Å². The molecule has 0 aromatic heterocycles. The summed E-state index contributed by atoms with van der Waals surface area (Å²) in [6.45, 7) is 2.13. The summed E-state index contributed by atoms with van der Waals surface area (Å²) in [5.74, 6) is 3.35. The van der Waals surface area contributed by atoms with Crippen LogP contribution < -0.4 is 0 Å². The van der Waals surface area contributed by atoms with E-state index in [9.17, 15) is 0 Å². The quantitative estimate of drug-likeness (QED) is 0.529. The largest absolute Gasteiger partial charge is 0.0917 e. The molecule has 2 unspecified atom stereocenters. The third kappa shape index (κ3) is 1.66. The molecular formula is C11H18. The zero-order chi connectivity index (χ0) is 7.68. The third-order valence-corrected chi connectivity index (χ3v) is 3.36. The summed E-state index contributed by atoms with van der Waals surface area (Å²) in [7, 11) is 0. The van der Waals surface area contributed by atoms with Crippen molar-refractivity contribution in [3.63, 3.8) is 0 Å². The van der Waals surface area contributed by atoms with Crippen LogP contribution in [0.1, 0.15) is 39.0 Å². The molecule has 0 amide bonds. The molecule has 0 aliphatic heterocycles. The molecule has 2 fully saturated rings. The Kier molecular flexibility index (Phi) is 2.02. The highest BCUT2D eigenvalue weighted by Crippen LogP contribution is 2.51. The number of rotatable bonds is 2. The van der Waals surface area contributed by atoms with Crippen molar-refractivity contribution in [3.8, 4) is 0 Å². The van der Waals surface area contributed by atoms with E-state index in [1.54, 1.807) is 6.42 Å². The summed E-state index contributed by atoms with van der Waals surface area (Å²) in [5.41, 5.74) is 0. The number of hydrogen-bond donors (Lipinski definition) is 0. The van der Waals surface area contributed by atoms with E-state index >= 15 is 0 Å². The molecule has 0 N–H and O–H groups in total. The van der Waals surface area contributed by atoms with E-state index in [0.29, 0.717) is 0 Å². The van der Waals surface area contributed by atoms with Crippen LogP contribution in [0.4, 0.5) is 0 Å². The molecule has 0 bridgehead atoms. The second-order valence-corrected chi connectivity index (χ2v) is 4.24. The Balaban J connectivity index is 1.76. The minimum Gasteiger partial charge on any atom is -0.0917 e. The first-order valence-electron chi connectivity index (χ1n) is 5.01. The topological polar surface area (TPSA) is 0 Å². The summed E-state index contributed by atoms with van der Waals surface area (Å²) in [6.07, 6.45) is 12.0. The fraction of sp³-hybridized carbons (Fsp3) is 0.818. The Bertz CT molecular complexity index is 157. The van der Waals surface area contributed by atoms with Crippen molar-refractivity contribution in [1.29, 1.82) is 0 Å². The van der Waals surface area contributed by atoms with E-state index in [-0.39, 0.29) is 0 Å². The normalized spacial score (nSPS) is 42.5. The fourth-order valence-corrected chi connectivity index (χ4v) is 2.49. The van der Waals surface area contributed by atoms with Gasteiger partial charge < -0.3 is 0 Å². The van der Waals surface area contributed by atoms with Crippen LogP contribution in [0.15, 0.2) is 12.2 Å². The van der Waals surface area contributed by atoms with Crippen molar-refractivity contribution in [1.82, 2.24) is 0 Å². The van der Waals surface area contributed by atoms with Crippen molar-refractivity contribution in [2.75, 3.05) is 0 Å². The van der Waals surface area contributed by atoms with Crippen LogP contribution in [0.3, 0.4) is 0 Å². The van der Waals surface area contributed by atoms with Crippen molar-refractivity contribution in [2.45, 2.75) is 39.0 Å². The van der Waals surface area contributed by atoms with Crippen LogP contribution >= 0.6 is 0 Å². The van der Waals surface area contributed by atoms with Gasteiger partial charge in [-0.1, -0.05) is 12.2 Å². The van der Waals surface area contributed by atoms with Crippen molar-refractivity contribution in [3.05, 3.63) is 12.2 Å². The van der Waals surface area contributed by atoms with Gasteiger partial charge in [0.25, 0.3) is 0 Å². The molecule has 2 aliphatic carbocycles. The highest BCUT2D eigenvalue weighted by Gasteiger charge is 2.41. The smallest absolute Gasteiger partial charge is 0.0322 e. The first kappa shape index (κ1) is 7.39. The summed E-state index contributed by atoms with van der Waals surface area (Å²) >= 11 is 0. The zero-order valence-corrected chi connectivity index (χ0v) is 7.42. The Hall–Kier alpha value is -0.260. The Morgan fingerprint density at radius 1 is 1.18 bits per heavy atom. The molecule has 3 atom stereocenters. The van der Waals surface area contributed by atoms with Gasteiger partial charge in [-0.05, 0) is 56.8 Å². The average molecular weight is 150 g/mol. The van der Waals surface area contributed by atoms with Crippen molar-refractivity contribution >= 4 is 0 Å². The fourth-order valence-electron chi connectivity index (χ4n) is 2.49. The molecule has 0 saturated heterocycles. The highest BCUT2D eigenvalue weighted by molar-refractivity contribution is 4.94. The lowest BCUT2D eigenvalue weighted by Gasteiger charge is -2.19. The lowest BCUT2D eigenvalue weighted by Crippen LogP contribution is -2.07. The average Bonchev–Trinajstić information content (AvgIpc) is 2.78. The molecule has 62 valence electrons. The summed E-state index contributed by atoms with van der Waals surface area (Å²) < 4.78 is 0. The highest BCUT2D eigenvalue weighted by atomic mass is 14.5. The van der Waals surface area contributed by atoms with Crippen LogP contribution in [0, 0.1) is 17.8 Å². The van der Waals surface area contributed by atoms with Crippen LogP contribution in [0.5, 0.6) is 0 Å². The first-order chi connectivity index (χ1) is 5.40. The Morgan fingerprint density at radius 2 is 2.09 bits per heavy atom. The second kappa shape index (κ2) is 3.00. The standard InChI is InChI=1S/C11H18/c1-2-3-4-9-5-6-10-8-11(10)7-9/h2-3,9-11H,4-8H2,1H3/b3-2-/t9-,10?,11?/m1/s1. The van der Waals surface area contributed by atoms with E-state index in [0.717, 1.165) is 17.8 Å². The molecule has 2 rings (SSSR count). The summed E-state index contributed by atoms with van der Waals surface area (Å²) in [5, 5.41) is 0. The maximum atomic E-state index is 2.34. The van der Waals surface area contributed by atoms with Gasteiger partial charge in [0.1, 0.15) is 0 Å². The predicted molar refractivity (Wildman–Crippen MR) is 48.4 cm³/mol. The molecule has 2 aliphatic rings. The Morgan fingerprint density at radius 3 is 2.82 bits per heavy atom. The van der Waals surface area contributed by atoms with E-state index in [1.165, 1.54) is 25.7 Å². The van der Waals surface area contributed by atoms with E-state index < -0.39 is 0 Å². The minimum absolute atomic E-state index is 1.04. The Labute approximate surface area is 69.7 Å². The van der Waals surface area contributed by atoms with Gasteiger partial charge in [0.15, 0.2) is 0 Å². The number of fused-ring (bicyclic) bond motifs is 1. The summed E-state index contributed by atoms with van der Waals surface area (Å²) in [6, 6.07) is 0. The number of hydrogen-bond acceptors (Lipinski definition) is 0. The van der Waals surface area contributed by atoms with E-state index in [2.05, 4.69) is 19.1 Å². The molecule has 0 aromatic rings. The van der Waals surface area contributed by atoms with Gasteiger partial charge in [0.2, 0.25) is 0 Å². The zero-order valence-electron chi connectivity index (χ0n) is 7.42. The van der Waals surface area contributed by atoms with Gasteiger partial charge in [-0.2, -0.15) is 0 Å². The molecule has 0 nitrogen and oxygen atoms in total. The van der Waals surface area contributed by atoms with Gasteiger partial charge in [0.05, 0.1) is 0 Å². The number of allylic oxidation sites excluding steroid dienone is 2. The third-order valence-electron chi connectivity index (χ3n) is 3.36. The second-order valence-electron chi connectivity index (χ2n) is 4.24. The molecule has 0 heterocycles. The van der Waals surface area contributed by atoms with Crippen LogP contribution in [0.25, 0.3) is 0 Å².